The van der Waals surface area contributed by atoms with Crippen LogP contribution in [-0.4, -0.2) is 35.8 Å². The monoisotopic (exact) mass is 297 g/mol. The molecule has 1 aromatic rings. The molecule has 92 valence electrons. The van der Waals surface area contributed by atoms with Crippen molar-refractivity contribution in [1.82, 2.24) is 4.90 Å². The standard InChI is InChI=1S/C13H16BrNO2/c1-17-12-5-3-2-4-10(12)6-8-15-9-7-11(14)13(15)16/h2-5,11H,6-9H2,1H3. The molecule has 1 fully saturated rings. The Morgan fingerprint density at radius 3 is 2.88 bits per heavy atom. The van der Waals surface area contributed by atoms with E-state index in [1.165, 1.54) is 0 Å². The SMILES string of the molecule is COc1ccccc1CCN1CCC(Br)C1=O. The normalized spacial score (nSPS) is 19.8. The summed E-state index contributed by atoms with van der Waals surface area (Å²) in [5, 5.41) is 0. The molecule has 4 heteroatoms. The third-order valence-corrected chi connectivity index (χ3v) is 3.93. The van der Waals surface area contributed by atoms with Gasteiger partial charge in [0.25, 0.3) is 0 Å². The lowest BCUT2D eigenvalue weighted by molar-refractivity contribution is -0.127. The number of rotatable bonds is 4. The number of hydrogen-bond acceptors (Lipinski definition) is 2. The topological polar surface area (TPSA) is 29.5 Å². The van der Waals surface area contributed by atoms with E-state index < -0.39 is 0 Å². The molecule has 1 saturated heterocycles. The second kappa shape index (κ2) is 5.54. The van der Waals surface area contributed by atoms with Crippen molar-refractivity contribution in [2.75, 3.05) is 20.2 Å². The van der Waals surface area contributed by atoms with E-state index in [-0.39, 0.29) is 10.7 Å². The lowest BCUT2D eigenvalue weighted by Gasteiger charge is -2.16. The Kier molecular flexibility index (Phi) is 4.05. The van der Waals surface area contributed by atoms with Crippen LogP contribution in [0.25, 0.3) is 0 Å². The van der Waals surface area contributed by atoms with Gasteiger partial charge in [-0.2, -0.15) is 0 Å². The minimum Gasteiger partial charge on any atom is -0.496 e. The number of hydrogen-bond donors (Lipinski definition) is 0. The average Bonchev–Trinajstić information content (AvgIpc) is 2.68. The van der Waals surface area contributed by atoms with Gasteiger partial charge < -0.3 is 9.64 Å². The molecule has 0 aromatic heterocycles. The molecule has 0 N–H and O–H groups in total. The Labute approximate surface area is 110 Å². The van der Waals surface area contributed by atoms with Gasteiger partial charge in [-0.1, -0.05) is 34.1 Å². The van der Waals surface area contributed by atoms with Crippen LogP contribution in [0.3, 0.4) is 0 Å². The minimum atomic E-state index is 0.0140. The Balaban J connectivity index is 1.96. The third-order valence-electron chi connectivity index (χ3n) is 3.08. The number of methoxy groups -OCH3 is 1. The lowest BCUT2D eigenvalue weighted by Crippen LogP contribution is -2.29. The van der Waals surface area contributed by atoms with E-state index in [0.29, 0.717) is 0 Å². The zero-order chi connectivity index (χ0) is 12.3. The predicted molar refractivity (Wildman–Crippen MR) is 70.6 cm³/mol. The summed E-state index contributed by atoms with van der Waals surface area (Å²) in [5.41, 5.74) is 1.15. The molecule has 2 rings (SSSR count). The van der Waals surface area contributed by atoms with Crippen LogP contribution >= 0.6 is 15.9 Å². The Bertz CT molecular complexity index is 408. The van der Waals surface area contributed by atoms with Crippen molar-refractivity contribution >= 4 is 21.8 Å². The van der Waals surface area contributed by atoms with E-state index in [1.54, 1.807) is 7.11 Å². The van der Waals surface area contributed by atoms with Crippen molar-refractivity contribution in [1.29, 1.82) is 0 Å². The summed E-state index contributed by atoms with van der Waals surface area (Å²) < 4.78 is 5.30. The highest BCUT2D eigenvalue weighted by molar-refractivity contribution is 9.10. The second-order valence-electron chi connectivity index (χ2n) is 4.14. The van der Waals surface area contributed by atoms with Gasteiger partial charge in [-0.25, -0.2) is 0 Å². The van der Waals surface area contributed by atoms with E-state index >= 15 is 0 Å². The predicted octanol–water partition coefficient (Wildman–Crippen LogP) is 2.23. The fraction of sp³-hybridized carbons (Fsp3) is 0.462. The molecular formula is C13H16BrNO2. The summed E-state index contributed by atoms with van der Waals surface area (Å²) in [5.74, 6) is 1.11. The van der Waals surface area contributed by atoms with Crippen LogP contribution < -0.4 is 4.74 Å². The van der Waals surface area contributed by atoms with Crippen molar-refractivity contribution in [2.45, 2.75) is 17.7 Å². The Morgan fingerprint density at radius 2 is 2.24 bits per heavy atom. The molecule has 1 aliphatic heterocycles. The van der Waals surface area contributed by atoms with Crippen molar-refractivity contribution < 1.29 is 9.53 Å². The van der Waals surface area contributed by atoms with Crippen LogP contribution in [0.2, 0.25) is 0 Å². The van der Waals surface area contributed by atoms with Gasteiger partial charge in [0.05, 0.1) is 11.9 Å². The van der Waals surface area contributed by atoms with Crippen LogP contribution in [0.15, 0.2) is 24.3 Å². The maximum Gasteiger partial charge on any atom is 0.236 e. The first-order valence-corrected chi connectivity index (χ1v) is 6.68. The largest absolute Gasteiger partial charge is 0.496 e. The maximum atomic E-state index is 11.7. The molecule has 17 heavy (non-hydrogen) atoms. The molecule has 0 aliphatic carbocycles. The molecule has 1 unspecified atom stereocenters. The summed E-state index contributed by atoms with van der Waals surface area (Å²) in [7, 11) is 1.67. The molecule has 3 nitrogen and oxygen atoms in total. The second-order valence-corrected chi connectivity index (χ2v) is 5.25. The third kappa shape index (κ3) is 2.80. The van der Waals surface area contributed by atoms with Gasteiger partial charge in [0.1, 0.15) is 5.75 Å². The molecule has 0 saturated carbocycles. The number of carbonyl (C=O) groups is 1. The zero-order valence-corrected chi connectivity index (χ0v) is 11.4. The fourth-order valence-corrected chi connectivity index (χ4v) is 2.58. The highest BCUT2D eigenvalue weighted by Gasteiger charge is 2.28. The maximum absolute atomic E-state index is 11.7. The number of ether oxygens (including phenoxy) is 1. The molecule has 0 bridgehead atoms. The van der Waals surface area contributed by atoms with E-state index in [4.69, 9.17) is 4.74 Å². The molecule has 1 atom stereocenters. The van der Waals surface area contributed by atoms with E-state index in [2.05, 4.69) is 15.9 Å². The van der Waals surface area contributed by atoms with Gasteiger partial charge in [-0.15, -0.1) is 0 Å². The van der Waals surface area contributed by atoms with Crippen LogP contribution in [0.1, 0.15) is 12.0 Å². The Morgan fingerprint density at radius 1 is 1.47 bits per heavy atom. The number of carbonyl (C=O) groups excluding carboxylic acids is 1. The number of likely N-dealkylation sites (tertiary alicyclic amines) is 1. The van der Waals surface area contributed by atoms with Crippen LogP contribution in [0.5, 0.6) is 5.75 Å². The van der Waals surface area contributed by atoms with Gasteiger partial charge in [0.15, 0.2) is 0 Å². The number of amides is 1. The van der Waals surface area contributed by atoms with E-state index in [0.717, 1.165) is 37.2 Å². The summed E-state index contributed by atoms with van der Waals surface area (Å²) in [6.45, 7) is 1.62. The summed E-state index contributed by atoms with van der Waals surface area (Å²) in [6, 6.07) is 7.95. The summed E-state index contributed by atoms with van der Waals surface area (Å²) >= 11 is 3.38. The first-order chi connectivity index (χ1) is 8.22. The van der Waals surface area contributed by atoms with Gasteiger partial charge in [0.2, 0.25) is 5.91 Å². The van der Waals surface area contributed by atoms with Crippen LogP contribution in [-0.2, 0) is 11.2 Å². The first-order valence-electron chi connectivity index (χ1n) is 5.77. The average molecular weight is 298 g/mol. The van der Waals surface area contributed by atoms with Gasteiger partial charge in [-0.3, -0.25) is 4.79 Å². The molecule has 1 aromatic carbocycles. The first kappa shape index (κ1) is 12.4. The zero-order valence-electron chi connectivity index (χ0n) is 9.86. The fourth-order valence-electron chi connectivity index (χ4n) is 2.09. The minimum absolute atomic E-state index is 0.0140. The van der Waals surface area contributed by atoms with Crippen molar-refractivity contribution in [3.05, 3.63) is 29.8 Å². The van der Waals surface area contributed by atoms with Crippen LogP contribution in [0.4, 0.5) is 0 Å². The molecule has 0 radical (unpaired) electrons. The molecule has 1 heterocycles. The number of nitrogens with zero attached hydrogens (tertiary/aromatic N) is 1. The van der Waals surface area contributed by atoms with E-state index in [9.17, 15) is 4.79 Å². The van der Waals surface area contributed by atoms with E-state index in [1.807, 2.05) is 29.2 Å². The van der Waals surface area contributed by atoms with Gasteiger partial charge in [0, 0.05) is 13.1 Å². The summed E-state index contributed by atoms with van der Waals surface area (Å²) in [4.78, 5) is 13.7. The molecular weight excluding hydrogens is 282 g/mol. The summed E-state index contributed by atoms with van der Waals surface area (Å²) in [6.07, 6.45) is 1.75. The quantitative estimate of drug-likeness (QED) is 0.798. The lowest BCUT2D eigenvalue weighted by atomic mass is 10.1. The number of para-hydroxylation sites is 1. The number of halogens is 1. The molecule has 1 amide bonds. The van der Waals surface area contributed by atoms with Gasteiger partial charge >= 0.3 is 0 Å². The van der Waals surface area contributed by atoms with Gasteiger partial charge in [-0.05, 0) is 24.5 Å². The number of alkyl halides is 1. The smallest absolute Gasteiger partial charge is 0.236 e. The highest BCUT2D eigenvalue weighted by Crippen LogP contribution is 2.21. The van der Waals surface area contributed by atoms with Crippen molar-refractivity contribution in [2.24, 2.45) is 0 Å². The number of benzene rings is 1. The highest BCUT2D eigenvalue weighted by atomic mass is 79.9. The van der Waals surface area contributed by atoms with Crippen molar-refractivity contribution in [3.8, 4) is 5.75 Å². The molecule has 0 spiro atoms. The van der Waals surface area contributed by atoms with Crippen LogP contribution in [0, 0.1) is 0 Å². The molecule has 1 aliphatic rings. The van der Waals surface area contributed by atoms with Crippen molar-refractivity contribution in [3.63, 3.8) is 0 Å². The Hall–Kier alpha value is -1.03.